The second-order valence-electron chi connectivity index (χ2n) is 7.13. The molecule has 3 unspecified atom stereocenters. The number of benzene rings is 2. The zero-order valence-corrected chi connectivity index (χ0v) is 17.1. The number of alkyl halides is 4. The Morgan fingerprint density at radius 3 is 2.07 bits per heavy atom. The van der Waals surface area contributed by atoms with Gasteiger partial charge in [0.05, 0.1) is 10.9 Å². The van der Waals surface area contributed by atoms with Crippen LogP contribution < -0.4 is 9.47 Å². The maximum atomic E-state index is 12.6. The van der Waals surface area contributed by atoms with Gasteiger partial charge in [-0.2, -0.15) is 13.2 Å². The first kappa shape index (κ1) is 22.3. The molecule has 0 spiro atoms. The molecule has 1 aliphatic rings. The third-order valence-electron chi connectivity index (χ3n) is 4.78. The molecule has 1 aliphatic carbocycles. The fourth-order valence-electron chi connectivity index (χ4n) is 3.12. The van der Waals surface area contributed by atoms with Crippen LogP contribution in [0.1, 0.15) is 38.2 Å². The summed E-state index contributed by atoms with van der Waals surface area (Å²) in [7, 11) is 0. The molecule has 8 heteroatoms. The van der Waals surface area contributed by atoms with Crippen LogP contribution >= 0.6 is 11.6 Å². The summed E-state index contributed by atoms with van der Waals surface area (Å²) in [5, 5.41) is -0.170. The average Bonchev–Trinajstić information content (AvgIpc) is 2.71. The third kappa shape index (κ3) is 6.05. The lowest BCUT2D eigenvalue weighted by Crippen LogP contribution is -2.36. The second kappa shape index (κ2) is 9.60. The van der Waals surface area contributed by atoms with E-state index in [0.717, 1.165) is 37.8 Å². The molecule has 2 aromatic rings. The smallest absolute Gasteiger partial charge is 0.416 e. The molecule has 0 aliphatic heterocycles. The van der Waals surface area contributed by atoms with E-state index in [4.69, 9.17) is 25.8 Å². The molecule has 0 aromatic heterocycles. The molecule has 4 nitrogen and oxygen atoms in total. The highest BCUT2D eigenvalue weighted by atomic mass is 35.5. The number of ether oxygens (including phenoxy) is 3. The van der Waals surface area contributed by atoms with Crippen molar-refractivity contribution >= 4 is 17.6 Å². The number of halogens is 4. The standard InChI is InChI=1S/C22H22ClF3O4/c1-14(21(27)30-20-5-3-2-4-19(20)23)28-16-10-12-18(13-11-16)29-17-8-6-15(7-9-17)22(24,25)26/h6-14,19-20H,2-5H2,1H3. The molecule has 0 bridgehead atoms. The Bertz CT molecular complexity index is 837. The lowest BCUT2D eigenvalue weighted by molar-refractivity contribution is -0.157. The van der Waals surface area contributed by atoms with Gasteiger partial charge in [-0.05, 0) is 74.7 Å². The van der Waals surface area contributed by atoms with Crippen LogP contribution in [0, 0.1) is 0 Å². The molecule has 0 radical (unpaired) electrons. The minimum Gasteiger partial charge on any atom is -0.479 e. The Morgan fingerprint density at radius 1 is 0.967 bits per heavy atom. The van der Waals surface area contributed by atoms with E-state index >= 15 is 0 Å². The number of esters is 1. The van der Waals surface area contributed by atoms with Crippen LogP contribution in [0.25, 0.3) is 0 Å². The van der Waals surface area contributed by atoms with Gasteiger partial charge in [0.1, 0.15) is 23.4 Å². The van der Waals surface area contributed by atoms with Crippen LogP contribution in [0.15, 0.2) is 48.5 Å². The molecule has 0 saturated heterocycles. The molecule has 0 amide bonds. The Kier molecular flexibility index (Phi) is 7.13. The molecule has 162 valence electrons. The SMILES string of the molecule is CC(Oc1ccc(Oc2ccc(C(F)(F)F)cc2)cc1)C(=O)OC1CCCCC1Cl. The largest absolute Gasteiger partial charge is 0.479 e. The van der Waals surface area contributed by atoms with E-state index in [2.05, 4.69) is 0 Å². The minimum atomic E-state index is -4.39. The maximum absolute atomic E-state index is 12.6. The molecule has 3 atom stereocenters. The number of hydrogen-bond acceptors (Lipinski definition) is 4. The molecule has 1 saturated carbocycles. The first-order valence-corrected chi connectivity index (χ1v) is 10.1. The average molecular weight is 443 g/mol. The van der Waals surface area contributed by atoms with E-state index in [-0.39, 0.29) is 17.2 Å². The third-order valence-corrected chi connectivity index (χ3v) is 5.27. The normalized spacial score (nSPS) is 20.3. The predicted octanol–water partition coefficient (Wildman–Crippen LogP) is 6.36. The topological polar surface area (TPSA) is 44.8 Å². The summed E-state index contributed by atoms with van der Waals surface area (Å²) in [6.45, 7) is 1.60. The van der Waals surface area contributed by atoms with Gasteiger partial charge in [-0.25, -0.2) is 4.79 Å². The molecular weight excluding hydrogens is 421 g/mol. The van der Waals surface area contributed by atoms with Crippen molar-refractivity contribution in [1.29, 1.82) is 0 Å². The van der Waals surface area contributed by atoms with Crippen molar-refractivity contribution < 1.29 is 32.2 Å². The quantitative estimate of drug-likeness (QED) is 0.386. The lowest BCUT2D eigenvalue weighted by Gasteiger charge is -2.27. The van der Waals surface area contributed by atoms with Crippen molar-refractivity contribution in [3.05, 3.63) is 54.1 Å². The summed E-state index contributed by atoms with van der Waals surface area (Å²) >= 11 is 6.22. The van der Waals surface area contributed by atoms with Gasteiger partial charge in [0.15, 0.2) is 6.10 Å². The van der Waals surface area contributed by atoms with Crippen LogP contribution in [0.2, 0.25) is 0 Å². The summed E-state index contributed by atoms with van der Waals surface area (Å²) in [6.07, 6.45) is -1.89. The van der Waals surface area contributed by atoms with E-state index in [9.17, 15) is 18.0 Å². The lowest BCUT2D eigenvalue weighted by atomic mass is 9.97. The van der Waals surface area contributed by atoms with E-state index in [0.29, 0.717) is 11.5 Å². The van der Waals surface area contributed by atoms with E-state index in [1.54, 1.807) is 31.2 Å². The molecule has 2 aromatic carbocycles. The Balaban J connectivity index is 1.53. The fourth-order valence-corrected chi connectivity index (χ4v) is 3.45. The number of carbonyl (C=O) groups is 1. The number of carbonyl (C=O) groups excluding carboxylic acids is 1. The Labute approximate surface area is 177 Å². The highest BCUT2D eigenvalue weighted by Crippen LogP contribution is 2.32. The first-order chi connectivity index (χ1) is 14.2. The van der Waals surface area contributed by atoms with Crippen molar-refractivity contribution in [1.82, 2.24) is 0 Å². The molecular formula is C22H22ClF3O4. The van der Waals surface area contributed by atoms with Crippen molar-refractivity contribution in [2.45, 2.75) is 56.4 Å². The van der Waals surface area contributed by atoms with Gasteiger partial charge in [-0.1, -0.05) is 6.42 Å². The van der Waals surface area contributed by atoms with Gasteiger partial charge in [-0.15, -0.1) is 11.6 Å². The van der Waals surface area contributed by atoms with Crippen LogP contribution in [0.4, 0.5) is 13.2 Å². The molecule has 1 fully saturated rings. The molecule has 3 rings (SSSR count). The van der Waals surface area contributed by atoms with Crippen LogP contribution in [-0.4, -0.2) is 23.6 Å². The molecule has 30 heavy (non-hydrogen) atoms. The summed E-state index contributed by atoms with van der Waals surface area (Å²) in [5.41, 5.74) is -0.742. The predicted molar refractivity (Wildman–Crippen MR) is 106 cm³/mol. The number of rotatable bonds is 6. The van der Waals surface area contributed by atoms with E-state index in [1.807, 2.05) is 0 Å². The maximum Gasteiger partial charge on any atom is 0.416 e. The van der Waals surface area contributed by atoms with Gasteiger partial charge in [-0.3, -0.25) is 0 Å². The van der Waals surface area contributed by atoms with E-state index < -0.39 is 23.8 Å². The van der Waals surface area contributed by atoms with Crippen molar-refractivity contribution in [2.24, 2.45) is 0 Å². The highest BCUT2D eigenvalue weighted by molar-refractivity contribution is 6.21. The van der Waals surface area contributed by atoms with Crippen LogP contribution in [-0.2, 0) is 15.7 Å². The monoisotopic (exact) mass is 442 g/mol. The fraction of sp³-hybridized carbons (Fsp3) is 0.409. The summed E-state index contributed by atoms with van der Waals surface area (Å²) < 4.78 is 54.4. The van der Waals surface area contributed by atoms with Gasteiger partial charge in [0, 0.05) is 0 Å². The van der Waals surface area contributed by atoms with Crippen LogP contribution in [0.3, 0.4) is 0 Å². The molecule has 0 N–H and O–H groups in total. The van der Waals surface area contributed by atoms with E-state index in [1.165, 1.54) is 12.1 Å². The van der Waals surface area contributed by atoms with Crippen LogP contribution in [0.5, 0.6) is 17.2 Å². The zero-order valence-electron chi connectivity index (χ0n) is 16.3. The van der Waals surface area contributed by atoms with Gasteiger partial charge < -0.3 is 14.2 Å². The number of hydrogen-bond donors (Lipinski definition) is 0. The van der Waals surface area contributed by atoms with Gasteiger partial charge in [0.25, 0.3) is 0 Å². The second-order valence-corrected chi connectivity index (χ2v) is 7.69. The Morgan fingerprint density at radius 2 is 1.50 bits per heavy atom. The van der Waals surface area contributed by atoms with Crippen molar-refractivity contribution in [3.63, 3.8) is 0 Å². The van der Waals surface area contributed by atoms with Gasteiger partial charge >= 0.3 is 12.1 Å². The van der Waals surface area contributed by atoms with Crippen molar-refractivity contribution in [2.75, 3.05) is 0 Å². The zero-order chi connectivity index (χ0) is 21.7. The molecule has 0 heterocycles. The van der Waals surface area contributed by atoms with Gasteiger partial charge in [0.2, 0.25) is 0 Å². The minimum absolute atomic E-state index is 0.170. The first-order valence-electron chi connectivity index (χ1n) is 9.69. The Hall–Kier alpha value is -2.41. The van der Waals surface area contributed by atoms with Crippen molar-refractivity contribution in [3.8, 4) is 17.2 Å². The summed E-state index contributed by atoms with van der Waals surface area (Å²) in [6, 6.07) is 10.8. The highest BCUT2D eigenvalue weighted by Gasteiger charge is 2.30. The summed E-state index contributed by atoms with van der Waals surface area (Å²) in [4.78, 5) is 12.3. The summed E-state index contributed by atoms with van der Waals surface area (Å²) in [5.74, 6) is 0.657.